The van der Waals surface area contributed by atoms with Crippen LogP contribution in [0.4, 0.5) is 0 Å². The first-order chi connectivity index (χ1) is 14.0. The van der Waals surface area contributed by atoms with Crippen molar-refractivity contribution in [3.05, 3.63) is 12.7 Å². The molecule has 0 bridgehead atoms. The summed E-state index contributed by atoms with van der Waals surface area (Å²) in [5.74, 6) is -2.73. The number of nitrogens with zero attached hydrogens (tertiary/aromatic N) is 1. The van der Waals surface area contributed by atoms with Gasteiger partial charge in [0.25, 0.3) is 5.91 Å². The Morgan fingerprint density at radius 3 is 2.40 bits per heavy atom. The molecule has 1 saturated heterocycles. The van der Waals surface area contributed by atoms with Gasteiger partial charge in [-0.1, -0.05) is 19.9 Å². The molecule has 1 heterocycles. The van der Waals surface area contributed by atoms with Crippen LogP contribution in [0.25, 0.3) is 0 Å². The molecule has 0 saturated carbocycles. The number of aliphatic hydroxyl groups is 1. The van der Waals surface area contributed by atoms with E-state index in [2.05, 4.69) is 22.6 Å². The van der Waals surface area contributed by atoms with E-state index in [1.807, 2.05) is 0 Å². The molecule has 1 fully saturated rings. The van der Waals surface area contributed by atoms with Crippen LogP contribution in [0, 0.1) is 11.3 Å². The average Bonchev–Trinajstić information content (AvgIpc) is 2.70. The second-order valence-electron chi connectivity index (χ2n) is 8.17. The third-order valence-corrected chi connectivity index (χ3v) is 5.32. The summed E-state index contributed by atoms with van der Waals surface area (Å²) in [4.78, 5) is 49.2. The topological polar surface area (TPSA) is 148 Å². The Balaban J connectivity index is 2.80. The Kier molecular flexibility index (Phi) is 9.44. The van der Waals surface area contributed by atoms with Crippen LogP contribution < -0.4 is 16.1 Å². The van der Waals surface area contributed by atoms with Crippen molar-refractivity contribution in [2.75, 3.05) is 13.2 Å². The first kappa shape index (κ1) is 25.6. The molecule has 10 nitrogen and oxygen atoms in total. The van der Waals surface area contributed by atoms with Gasteiger partial charge in [0.1, 0.15) is 18.1 Å². The molecule has 30 heavy (non-hydrogen) atoms. The molecule has 1 aliphatic heterocycles. The van der Waals surface area contributed by atoms with Crippen LogP contribution in [0.1, 0.15) is 47.0 Å². The van der Waals surface area contributed by atoms with Crippen LogP contribution in [-0.2, 0) is 19.2 Å². The zero-order valence-electron chi connectivity index (χ0n) is 18.1. The van der Waals surface area contributed by atoms with Crippen LogP contribution in [-0.4, -0.2) is 70.2 Å². The zero-order chi connectivity index (χ0) is 23.1. The van der Waals surface area contributed by atoms with Crippen molar-refractivity contribution < 1.29 is 29.4 Å². The average molecular weight is 427 g/mol. The number of carbonyl (C=O) groups excluding carboxylic acids is 3. The van der Waals surface area contributed by atoms with Gasteiger partial charge in [-0.3, -0.25) is 24.2 Å². The van der Waals surface area contributed by atoms with Crippen LogP contribution in [0.2, 0.25) is 0 Å². The minimum atomic E-state index is -1.04. The molecule has 4 atom stereocenters. The van der Waals surface area contributed by atoms with Gasteiger partial charge in [-0.25, -0.2) is 5.43 Å². The molecule has 0 aromatic rings. The van der Waals surface area contributed by atoms with Crippen molar-refractivity contribution in [3.63, 3.8) is 0 Å². The first-order valence-corrected chi connectivity index (χ1v) is 10.1. The number of aliphatic carboxylic acids is 1. The summed E-state index contributed by atoms with van der Waals surface area (Å²) in [5, 5.41) is 24.8. The third-order valence-electron chi connectivity index (χ3n) is 5.32. The Hall–Kier alpha value is -2.46. The number of carboxylic acids is 1. The fraction of sp³-hybridized carbons (Fsp3) is 0.700. The Morgan fingerprint density at radius 1 is 1.27 bits per heavy atom. The van der Waals surface area contributed by atoms with E-state index in [1.165, 1.54) is 18.0 Å². The summed E-state index contributed by atoms with van der Waals surface area (Å²) in [6.45, 7) is 10.4. The van der Waals surface area contributed by atoms with Gasteiger partial charge in [-0.15, -0.1) is 6.58 Å². The van der Waals surface area contributed by atoms with Crippen molar-refractivity contribution in [2.24, 2.45) is 11.3 Å². The van der Waals surface area contributed by atoms with E-state index in [0.717, 1.165) is 0 Å². The summed E-state index contributed by atoms with van der Waals surface area (Å²) in [7, 11) is 0. The van der Waals surface area contributed by atoms with Gasteiger partial charge in [0.2, 0.25) is 11.8 Å². The molecule has 5 N–H and O–H groups in total. The highest BCUT2D eigenvalue weighted by molar-refractivity contribution is 5.93. The minimum Gasteiger partial charge on any atom is -0.480 e. The van der Waals surface area contributed by atoms with Gasteiger partial charge in [0.15, 0.2) is 0 Å². The van der Waals surface area contributed by atoms with E-state index in [1.54, 1.807) is 20.8 Å². The highest BCUT2D eigenvalue weighted by Crippen LogP contribution is 2.23. The normalized spacial score (nSPS) is 20.6. The lowest BCUT2D eigenvalue weighted by Crippen LogP contribution is -2.61. The van der Waals surface area contributed by atoms with Crippen molar-refractivity contribution >= 4 is 23.7 Å². The largest absolute Gasteiger partial charge is 0.480 e. The molecule has 170 valence electrons. The number of carboxylic acid groups (broad SMARTS) is 1. The number of rotatable bonds is 10. The number of aliphatic hydroxyl groups excluding tert-OH is 1. The molecule has 10 heteroatoms. The maximum absolute atomic E-state index is 12.8. The van der Waals surface area contributed by atoms with E-state index in [-0.39, 0.29) is 18.9 Å². The Labute approximate surface area is 177 Å². The van der Waals surface area contributed by atoms with Gasteiger partial charge in [-0.05, 0) is 39.0 Å². The van der Waals surface area contributed by atoms with E-state index in [4.69, 9.17) is 5.11 Å². The fourth-order valence-electron chi connectivity index (χ4n) is 3.10. The smallest absolute Gasteiger partial charge is 0.322 e. The highest BCUT2D eigenvalue weighted by atomic mass is 16.4. The summed E-state index contributed by atoms with van der Waals surface area (Å²) < 4.78 is 0. The summed E-state index contributed by atoms with van der Waals surface area (Å²) in [6, 6.07) is -2.66. The molecule has 0 aliphatic carbocycles. The second-order valence-corrected chi connectivity index (χ2v) is 8.17. The van der Waals surface area contributed by atoms with E-state index < -0.39 is 47.2 Å². The van der Waals surface area contributed by atoms with Crippen molar-refractivity contribution in [2.45, 2.75) is 65.1 Å². The standard InChI is InChI=1S/C20H34N4O6/c1-6-20(5,9-11-25)19(30)22-15(12(2)3)16(26)21-13(4)17(27)24-10-7-8-14(23-24)18(28)29/h6,12-15,23,25H,1,7-11H2,2-5H3,(H,21,26)(H,22,30)(H,28,29)/t13-,14-,15-,20?/m0/s1. The third kappa shape index (κ3) is 6.53. The number of hydrogen-bond donors (Lipinski definition) is 5. The number of carbonyl (C=O) groups is 4. The summed E-state index contributed by atoms with van der Waals surface area (Å²) >= 11 is 0. The lowest BCUT2D eigenvalue weighted by Gasteiger charge is -2.34. The maximum Gasteiger partial charge on any atom is 0.322 e. The SMILES string of the molecule is C=CC(C)(CCO)C(=O)N[C@H](C(=O)N[C@@H](C)C(=O)N1CCC[C@@H](C(=O)O)N1)C(C)C. The fourth-order valence-corrected chi connectivity index (χ4v) is 3.10. The van der Waals surface area contributed by atoms with Crippen LogP contribution in [0.15, 0.2) is 12.7 Å². The first-order valence-electron chi connectivity index (χ1n) is 10.1. The lowest BCUT2D eigenvalue weighted by atomic mass is 9.85. The number of nitrogens with one attached hydrogen (secondary N) is 3. The highest BCUT2D eigenvalue weighted by Gasteiger charge is 2.35. The van der Waals surface area contributed by atoms with Gasteiger partial charge < -0.3 is 20.8 Å². The Morgan fingerprint density at radius 2 is 1.90 bits per heavy atom. The van der Waals surface area contributed by atoms with Gasteiger partial charge >= 0.3 is 5.97 Å². The molecule has 1 rings (SSSR count). The van der Waals surface area contributed by atoms with Crippen molar-refractivity contribution in [1.29, 1.82) is 0 Å². The molecule has 3 amide bonds. The molecular weight excluding hydrogens is 392 g/mol. The molecule has 1 aliphatic rings. The van der Waals surface area contributed by atoms with E-state index >= 15 is 0 Å². The van der Waals surface area contributed by atoms with Crippen molar-refractivity contribution in [3.8, 4) is 0 Å². The number of hydrogen-bond acceptors (Lipinski definition) is 6. The quantitative estimate of drug-likeness (QED) is 0.304. The second kappa shape index (κ2) is 11.1. The molecule has 0 aromatic heterocycles. The van der Waals surface area contributed by atoms with Crippen LogP contribution in [0.5, 0.6) is 0 Å². The Bertz CT molecular complexity index is 668. The summed E-state index contributed by atoms with van der Waals surface area (Å²) in [6.07, 6.45) is 2.54. The predicted molar refractivity (Wildman–Crippen MR) is 110 cm³/mol. The monoisotopic (exact) mass is 426 g/mol. The number of hydrazine groups is 1. The van der Waals surface area contributed by atoms with E-state index in [0.29, 0.717) is 19.4 Å². The van der Waals surface area contributed by atoms with Crippen LogP contribution in [0.3, 0.4) is 0 Å². The molecule has 1 unspecified atom stereocenters. The van der Waals surface area contributed by atoms with E-state index in [9.17, 15) is 24.3 Å². The molecule has 0 aromatic carbocycles. The molecule has 0 radical (unpaired) electrons. The zero-order valence-corrected chi connectivity index (χ0v) is 18.1. The summed E-state index contributed by atoms with van der Waals surface area (Å²) in [5.41, 5.74) is 1.63. The molecule has 0 spiro atoms. The van der Waals surface area contributed by atoms with Crippen molar-refractivity contribution in [1.82, 2.24) is 21.1 Å². The number of amides is 3. The van der Waals surface area contributed by atoms with Gasteiger partial charge in [-0.2, -0.15) is 0 Å². The minimum absolute atomic E-state index is 0.162. The van der Waals surface area contributed by atoms with Crippen LogP contribution >= 0.6 is 0 Å². The lowest BCUT2D eigenvalue weighted by molar-refractivity contribution is -0.148. The van der Waals surface area contributed by atoms with Gasteiger partial charge in [0.05, 0.1) is 5.41 Å². The van der Waals surface area contributed by atoms with Gasteiger partial charge in [0, 0.05) is 13.2 Å². The molecular formula is C20H34N4O6. The predicted octanol–water partition coefficient (Wildman–Crippen LogP) is -0.213. The maximum atomic E-state index is 12.8.